The molecule has 11 heteroatoms. The monoisotopic (exact) mass is 570 g/mol. The van der Waals surface area contributed by atoms with Gasteiger partial charge in [-0.2, -0.15) is 10.2 Å². The van der Waals surface area contributed by atoms with E-state index in [1.54, 1.807) is 24.8 Å². The fourth-order valence-corrected chi connectivity index (χ4v) is 2.92. The summed E-state index contributed by atoms with van der Waals surface area (Å²) in [4.78, 5) is 8.21. The van der Waals surface area contributed by atoms with Crippen molar-refractivity contribution in [2.45, 2.75) is 0 Å². The SMILES string of the molecule is S=C(NN=Cc1ccccn1)Nc1ccccc1.S=C(NN=Cc1ccccn1)Nc1ccccc1.[Ni]. The van der Waals surface area contributed by atoms with Crippen molar-refractivity contribution in [2.24, 2.45) is 10.2 Å². The average Bonchev–Trinajstić information content (AvgIpc) is 2.91. The number of hydrogen-bond donors (Lipinski definition) is 4. The van der Waals surface area contributed by atoms with Crippen molar-refractivity contribution in [3.05, 3.63) is 121 Å². The van der Waals surface area contributed by atoms with Crippen LogP contribution >= 0.6 is 24.4 Å². The zero-order valence-electron chi connectivity index (χ0n) is 19.5. The molecule has 2 aromatic heterocycles. The molecule has 0 unspecified atom stereocenters. The van der Waals surface area contributed by atoms with Gasteiger partial charge >= 0.3 is 0 Å². The Morgan fingerprint density at radius 2 is 0.946 bits per heavy atom. The van der Waals surface area contributed by atoms with Gasteiger partial charge in [0, 0.05) is 40.3 Å². The molecular weight excluding hydrogens is 547 g/mol. The van der Waals surface area contributed by atoms with Crippen molar-refractivity contribution in [1.82, 2.24) is 20.8 Å². The van der Waals surface area contributed by atoms with Crippen LogP contribution in [0.2, 0.25) is 0 Å². The third kappa shape index (κ3) is 12.5. The van der Waals surface area contributed by atoms with Gasteiger partial charge in [0.15, 0.2) is 10.2 Å². The van der Waals surface area contributed by atoms with Crippen molar-refractivity contribution in [3.63, 3.8) is 0 Å². The molecule has 0 fully saturated rings. The molecule has 0 aliphatic heterocycles. The van der Waals surface area contributed by atoms with Crippen LogP contribution in [0.5, 0.6) is 0 Å². The van der Waals surface area contributed by atoms with Crippen LogP contribution in [0.25, 0.3) is 0 Å². The average molecular weight is 571 g/mol. The van der Waals surface area contributed by atoms with Crippen molar-refractivity contribution >= 4 is 58.5 Å². The van der Waals surface area contributed by atoms with Crippen LogP contribution in [0, 0.1) is 0 Å². The van der Waals surface area contributed by atoms with Crippen molar-refractivity contribution in [2.75, 3.05) is 10.6 Å². The predicted molar refractivity (Wildman–Crippen MR) is 155 cm³/mol. The predicted octanol–water partition coefficient (Wildman–Crippen LogP) is 4.80. The molecule has 4 rings (SSSR count). The van der Waals surface area contributed by atoms with Crippen molar-refractivity contribution in [1.29, 1.82) is 0 Å². The van der Waals surface area contributed by atoms with Crippen LogP contribution in [0.4, 0.5) is 11.4 Å². The van der Waals surface area contributed by atoms with E-state index in [9.17, 15) is 0 Å². The van der Waals surface area contributed by atoms with Gasteiger partial charge < -0.3 is 10.6 Å². The fraction of sp³-hybridized carbons (Fsp3) is 0. The minimum absolute atomic E-state index is 0. The van der Waals surface area contributed by atoms with E-state index in [2.05, 4.69) is 41.7 Å². The minimum atomic E-state index is 0. The fourth-order valence-electron chi connectivity index (χ4n) is 2.58. The summed E-state index contributed by atoms with van der Waals surface area (Å²) in [5.41, 5.74) is 8.84. The van der Waals surface area contributed by atoms with Crippen LogP contribution in [0.1, 0.15) is 11.4 Å². The van der Waals surface area contributed by atoms with Gasteiger partial charge in [0.1, 0.15) is 0 Å². The van der Waals surface area contributed by atoms with Crippen LogP contribution < -0.4 is 21.5 Å². The number of hydrazone groups is 2. The first-order chi connectivity index (χ1) is 17.7. The van der Waals surface area contributed by atoms with E-state index in [0.717, 1.165) is 22.8 Å². The van der Waals surface area contributed by atoms with E-state index in [4.69, 9.17) is 24.4 Å². The van der Waals surface area contributed by atoms with Crippen LogP contribution in [-0.4, -0.2) is 32.6 Å². The number of rotatable bonds is 6. The van der Waals surface area contributed by atoms with Crippen molar-refractivity contribution < 1.29 is 16.5 Å². The summed E-state index contributed by atoms with van der Waals surface area (Å²) in [6.45, 7) is 0. The van der Waals surface area contributed by atoms with E-state index in [0.29, 0.717) is 10.2 Å². The molecule has 37 heavy (non-hydrogen) atoms. The Balaban J connectivity index is 0.000000253. The van der Waals surface area contributed by atoms with E-state index >= 15 is 0 Å². The zero-order chi connectivity index (χ0) is 25.3. The maximum absolute atomic E-state index is 5.10. The molecule has 0 saturated carbocycles. The zero-order valence-corrected chi connectivity index (χ0v) is 22.1. The van der Waals surface area contributed by atoms with Gasteiger partial charge in [-0.1, -0.05) is 48.5 Å². The molecule has 0 aliphatic rings. The summed E-state index contributed by atoms with van der Waals surface area (Å²) in [6, 6.07) is 30.6. The molecule has 0 spiro atoms. The Labute approximate surface area is 236 Å². The molecule has 2 heterocycles. The molecule has 0 bridgehead atoms. The second-order valence-corrected chi connectivity index (χ2v) is 7.71. The van der Waals surface area contributed by atoms with E-state index in [1.807, 2.05) is 97.1 Å². The maximum Gasteiger partial charge on any atom is 0.191 e. The van der Waals surface area contributed by atoms with Gasteiger partial charge in [-0.05, 0) is 73.0 Å². The first-order valence-electron chi connectivity index (χ1n) is 10.8. The molecule has 0 saturated heterocycles. The van der Waals surface area contributed by atoms with Gasteiger partial charge in [-0.3, -0.25) is 20.8 Å². The Bertz CT molecular complexity index is 1160. The number of benzene rings is 2. The Kier molecular flexibility index (Phi) is 13.7. The molecule has 0 aliphatic carbocycles. The van der Waals surface area contributed by atoms with Crippen molar-refractivity contribution in [3.8, 4) is 0 Å². The summed E-state index contributed by atoms with van der Waals surface area (Å²) in [7, 11) is 0. The number of nitrogens with one attached hydrogen (secondary N) is 4. The number of hydrogen-bond acceptors (Lipinski definition) is 6. The number of anilines is 2. The van der Waals surface area contributed by atoms with Gasteiger partial charge in [0.05, 0.1) is 23.8 Å². The second kappa shape index (κ2) is 17.4. The Morgan fingerprint density at radius 1 is 0.568 bits per heavy atom. The van der Waals surface area contributed by atoms with Crippen LogP contribution in [0.15, 0.2) is 120 Å². The molecule has 190 valence electrons. The number of pyridine rings is 2. The number of para-hydroxylation sites is 2. The van der Waals surface area contributed by atoms with Gasteiger partial charge in [-0.15, -0.1) is 0 Å². The summed E-state index contributed by atoms with van der Waals surface area (Å²) < 4.78 is 0. The molecular formula is C26H24N8NiS2. The van der Waals surface area contributed by atoms with E-state index < -0.39 is 0 Å². The largest absolute Gasteiger partial charge is 0.331 e. The number of thiocarbonyl (C=S) groups is 2. The van der Waals surface area contributed by atoms with E-state index in [1.165, 1.54) is 0 Å². The summed E-state index contributed by atoms with van der Waals surface area (Å²) >= 11 is 10.2. The second-order valence-electron chi connectivity index (χ2n) is 6.89. The third-order valence-corrected chi connectivity index (χ3v) is 4.55. The van der Waals surface area contributed by atoms with Crippen LogP contribution in [-0.2, 0) is 16.5 Å². The number of nitrogens with zero attached hydrogens (tertiary/aromatic N) is 4. The first kappa shape index (κ1) is 29.2. The molecule has 4 N–H and O–H groups in total. The number of aromatic nitrogens is 2. The Hall–Kier alpha value is -4.05. The molecule has 8 nitrogen and oxygen atoms in total. The standard InChI is InChI=1S/2C13H12N4S.Ni/c2*18-13(16-11-6-2-1-3-7-11)17-15-10-12-8-4-5-9-14-12;/h2*1-10H,(H2,16,17,18);. The summed E-state index contributed by atoms with van der Waals surface area (Å²) in [5.74, 6) is 0. The molecule has 0 radical (unpaired) electrons. The van der Waals surface area contributed by atoms with Gasteiger partial charge in [0.25, 0.3) is 0 Å². The summed E-state index contributed by atoms with van der Waals surface area (Å²) in [5, 5.41) is 14.9. The molecule has 0 atom stereocenters. The quantitative estimate of drug-likeness (QED) is 0.113. The Morgan fingerprint density at radius 3 is 1.30 bits per heavy atom. The van der Waals surface area contributed by atoms with E-state index in [-0.39, 0.29) is 16.5 Å². The minimum Gasteiger partial charge on any atom is -0.331 e. The normalized spacial score (nSPS) is 9.95. The summed E-state index contributed by atoms with van der Waals surface area (Å²) in [6.07, 6.45) is 6.64. The van der Waals surface area contributed by atoms with Gasteiger partial charge in [-0.25, -0.2) is 0 Å². The third-order valence-electron chi connectivity index (χ3n) is 4.16. The maximum atomic E-state index is 5.10. The van der Waals surface area contributed by atoms with Gasteiger partial charge in [0.2, 0.25) is 0 Å². The smallest absolute Gasteiger partial charge is 0.191 e. The first-order valence-corrected chi connectivity index (χ1v) is 11.6. The molecule has 4 aromatic rings. The topological polar surface area (TPSA) is 98.6 Å². The van der Waals surface area contributed by atoms with Crippen LogP contribution in [0.3, 0.4) is 0 Å². The molecule has 0 amide bonds. The molecule has 2 aromatic carbocycles.